The third-order valence-corrected chi connectivity index (χ3v) is 4.40. The van der Waals surface area contributed by atoms with Gasteiger partial charge < -0.3 is 18.6 Å². The van der Waals surface area contributed by atoms with Gasteiger partial charge in [0, 0.05) is 30.6 Å². The van der Waals surface area contributed by atoms with Crippen LogP contribution in [0.5, 0.6) is 5.75 Å². The minimum Gasteiger partial charge on any atom is -0.497 e. The molecule has 0 N–H and O–H groups in total. The zero-order valence-electron chi connectivity index (χ0n) is 13.7. The molecule has 0 bridgehead atoms. The summed E-state index contributed by atoms with van der Waals surface area (Å²) in [6, 6.07) is 4.77. The van der Waals surface area contributed by atoms with E-state index in [0.717, 1.165) is 31.7 Å². The molecule has 130 valence electrons. The molecule has 0 aliphatic carbocycles. The van der Waals surface area contributed by atoms with Gasteiger partial charge in [0.05, 0.1) is 13.3 Å². The van der Waals surface area contributed by atoms with Crippen molar-refractivity contribution in [1.29, 1.82) is 0 Å². The molecule has 0 spiro atoms. The molecule has 4 rings (SSSR count). The summed E-state index contributed by atoms with van der Waals surface area (Å²) in [5, 5.41) is 3.97. The Kier molecular flexibility index (Phi) is 4.09. The fourth-order valence-corrected chi connectivity index (χ4v) is 3.05. The highest BCUT2D eigenvalue weighted by molar-refractivity contribution is 5.58. The Morgan fingerprint density at radius 1 is 1.24 bits per heavy atom. The lowest BCUT2D eigenvalue weighted by Crippen LogP contribution is -2.33. The second kappa shape index (κ2) is 6.54. The van der Waals surface area contributed by atoms with Crippen molar-refractivity contribution in [3.05, 3.63) is 42.4 Å². The first kappa shape index (κ1) is 15.6. The number of benzene rings is 1. The number of methoxy groups -OCH3 is 1. The van der Waals surface area contributed by atoms with Crippen molar-refractivity contribution in [2.45, 2.75) is 18.8 Å². The Morgan fingerprint density at radius 3 is 2.80 bits per heavy atom. The molecular formula is C17H17FN4O3. The quantitative estimate of drug-likeness (QED) is 0.719. The van der Waals surface area contributed by atoms with E-state index in [0.29, 0.717) is 29.1 Å². The molecule has 8 heteroatoms. The van der Waals surface area contributed by atoms with Gasteiger partial charge in [0.15, 0.2) is 6.39 Å². The van der Waals surface area contributed by atoms with Crippen LogP contribution < -0.4 is 9.64 Å². The second-order valence-electron chi connectivity index (χ2n) is 5.95. The molecule has 3 aromatic rings. The van der Waals surface area contributed by atoms with Gasteiger partial charge in [0.1, 0.15) is 17.3 Å². The Hall–Kier alpha value is -2.90. The fourth-order valence-electron chi connectivity index (χ4n) is 3.05. The first-order chi connectivity index (χ1) is 12.2. The van der Waals surface area contributed by atoms with E-state index in [1.165, 1.54) is 25.6 Å². The number of halogens is 1. The van der Waals surface area contributed by atoms with Crippen LogP contribution in [0.1, 0.15) is 24.5 Å². The molecule has 0 amide bonds. The molecule has 0 saturated carbocycles. The molecule has 0 radical (unpaired) electrons. The SMILES string of the molecule is COc1cc(F)cc(-c2noc(N3CCC(c4cnco4)CC3)n2)c1. The lowest BCUT2D eigenvalue weighted by molar-refractivity contribution is 0.372. The van der Waals surface area contributed by atoms with Gasteiger partial charge in [-0.2, -0.15) is 4.98 Å². The standard InChI is InChI=1S/C17H17FN4O3/c1-23-14-7-12(6-13(18)8-14)16-20-17(25-21-16)22-4-2-11(3-5-22)15-9-19-10-24-15/h6-11H,2-5H2,1H3. The van der Waals surface area contributed by atoms with Crippen LogP contribution in [0.3, 0.4) is 0 Å². The molecule has 3 heterocycles. The van der Waals surface area contributed by atoms with Crippen LogP contribution >= 0.6 is 0 Å². The summed E-state index contributed by atoms with van der Waals surface area (Å²) in [7, 11) is 1.49. The lowest BCUT2D eigenvalue weighted by atomic mass is 9.95. The second-order valence-corrected chi connectivity index (χ2v) is 5.95. The van der Waals surface area contributed by atoms with Crippen molar-refractivity contribution < 1.29 is 18.1 Å². The molecule has 1 aromatic carbocycles. The van der Waals surface area contributed by atoms with Crippen LogP contribution in [0.15, 0.2) is 39.7 Å². The molecule has 0 atom stereocenters. The number of oxazole rings is 1. The molecule has 7 nitrogen and oxygen atoms in total. The number of hydrogen-bond acceptors (Lipinski definition) is 7. The smallest absolute Gasteiger partial charge is 0.324 e. The summed E-state index contributed by atoms with van der Waals surface area (Å²) in [5.74, 6) is 1.61. The van der Waals surface area contributed by atoms with E-state index in [1.807, 2.05) is 4.90 Å². The van der Waals surface area contributed by atoms with E-state index < -0.39 is 5.82 Å². The van der Waals surface area contributed by atoms with Gasteiger partial charge >= 0.3 is 6.01 Å². The van der Waals surface area contributed by atoms with Crippen molar-refractivity contribution in [3.63, 3.8) is 0 Å². The van der Waals surface area contributed by atoms with Crippen molar-refractivity contribution in [1.82, 2.24) is 15.1 Å². The summed E-state index contributed by atoms with van der Waals surface area (Å²) in [5.41, 5.74) is 0.517. The van der Waals surface area contributed by atoms with E-state index in [4.69, 9.17) is 13.7 Å². The van der Waals surface area contributed by atoms with Crippen LogP contribution in [0.25, 0.3) is 11.4 Å². The van der Waals surface area contributed by atoms with Gasteiger partial charge in [-0.05, 0) is 25.0 Å². The summed E-state index contributed by atoms with van der Waals surface area (Å²) >= 11 is 0. The monoisotopic (exact) mass is 344 g/mol. The summed E-state index contributed by atoms with van der Waals surface area (Å²) < 4.78 is 29.5. The largest absolute Gasteiger partial charge is 0.497 e. The highest BCUT2D eigenvalue weighted by Crippen LogP contribution is 2.31. The number of aromatic nitrogens is 3. The molecule has 25 heavy (non-hydrogen) atoms. The zero-order valence-corrected chi connectivity index (χ0v) is 13.7. The van der Waals surface area contributed by atoms with Gasteiger partial charge in [-0.25, -0.2) is 9.37 Å². The van der Waals surface area contributed by atoms with E-state index in [1.54, 1.807) is 12.3 Å². The molecule has 1 fully saturated rings. The number of nitrogens with zero attached hydrogens (tertiary/aromatic N) is 4. The fraction of sp³-hybridized carbons (Fsp3) is 0.353. The normalized spacial score (nSPS) is 15.5. The van der Waals surface area contributed by atoms with Gasteiger partial charge in [-0.15, -0.1) is 0 Å². The summed E-state index contributed by atoms with van der Waals surface area (Å²) in [4.78, 5) is 10.4. The van der Waals surface area contributed by atoms with E-state index in [-0.39, 0.29) is 0 Å². The average Bonchev–Trinajstić information content (AvgIpc) is 3.33. The van der Waals surface area contributed by atoms with Crippen LogP contribution in [0.2, 0.25) is 0 Å². The molecular weight excluding hydrogens is 327 g/mol. The predicted molar refractivity (Wildman–Crippen MR) is 86.9 cm³/mol. The van der Waals surface area contributed by atoms with Crippen molar-refractivity contribution in [3.8, 4) is 17.1 Å². The molecule has 2 aromatic heterocycles. The first-order valence-corrected chi connectivity index (χ1v) is 8.05. The molecule has 1 aliphatic rings. The number of ether oxygens (including phenoxy) is 1. The third kappa shape index (κ3) is 3.19. The van der Waals surface area contributed by atoms with Crippen LogP contribution in [0.4, 0.5) is 10.4 Å². The van der Waals surface area contributed by atoms with Crippen molar-refractivity contribution in [2.24, 2.45) is 0 Å². The minimum absolute atomic E-state index is 0.338. The molecule has 1 saturated heterocycles. The number of piperidine rings is 1. The Labute approximate surface area is 143 Å². The molecule has 0 unspecified atom stereocenters. The minimum atomic E-state index is -0.409. The lowest BCUT2D eigenvalue weighted by Gasteiger charge is -2.29. The molecule has 1 aliphatic heterocycles. The van der Waals surface area contributed by atoms with E-state index >= 15 is 0 Å². The highest BCUT2D eigenvalue weighted by atomic mass is 19.1. The van der Waals surface area contributed by atoms with Crippen molar-refractivity contribution >= 4 is 6.01 Å². The van der Waals surface area contributed by atoms with Gasteiger partial charge in [0.2, 0.25) is 5.82 Å². The third-order valence-electron chi connectivity index (χ3n) is 4.40. The Balaban J connectivity index is 1.48. The maximum absolute atomic E-state index is 13.6. The van der Waals surface area contributed by atoms with Crippen LogP contribution in [-0.2, 0) is 0 Å². The summed E-state index contributed by atoms with van der Waals surface area (Å²) in [6.07, 6.45) is 5.06. The predicted octanol–water partition coefficient (Wildman–Crippen LogP) is 3.26. The highest BCUT2D eigenvalue weighted by Gasteiger charge is 2.26. The zero-order chi connectivity index (χ0) is 17.2. The Morgan fingerprint density at radius 2 is 2.08 bits per heavy atom. The summed E-state index contributed by atoms with van der Waals surface area (Å²) in [6.45, 7) is 1.55. The Bertz CT molecular complexity index is 841. The maximum Gasteiger partial charge on any atom is 0.324 e. The first-order valence-electron chi connectivity index (χ1n) is 8.05. The number of hydrogen-bond donors (Lipinski definition) is 0. The average molecular weight is 344 g/mol. The number of rotatable bonds is 4. The number of anilines is 1. The van der Waals surface area contributed by atoms with Crippen LogP contribution in [-0.4, -0.2) is 35.3 Å². The van der Waals surface area contributed by atoms with Crippen LogP contribution in [0, 0.1) is 5.82 Å². The van der Waals surface area contributed by atoms with E-state index in [9.17, 15) is 4.39 Å². The van der Waals surface area contributed by atoms with Gasteiger partial charge in [-0.3, -0.25) is 0 Å². The maximum atomic E-state index is 13.6. The van der Waals surface area contributed by atoms with E-state index in [2.05, 4.69) is 15.1 Å². The van der Waals surface area contributed by atoms with Gasteiger partial charge in [-0.1, -0.05) is 5.16 Å². The van der Waals surface area contributed by atoms with Gasteiger partial charge in [0.25, 0.3) is 0 Å². The van der Waals surface area contributed by atoms with Crippen molar-refractivity contribution in [2.75, 3.05) is 25.1 Å². The topological polar surface area (TPSA) is 77.4 Å².